The van der Waals surface area contributed by atoms with Crippen molar-refractivity contribution in [1.82, 2.24) is 20.0 Å². The predicted octanol–water partition coefficient (Wildman–Crippen LogP) is 2.18. The fourth-order valence-electron chi connectivity index (χ4n) is 3.43. The minimum atomic E-state index is -0.340. The van der Waals surface area contributed by atoms with Crippen molar-refractivity contribution in [1.29, 1.82) is 0 Å². The summed E-state index contributed by atoms with van der Waals surface area (Å²) < 4.78 is 6.68. The number of nitrogens with zero attached hydrogens (tertiary/aromatic N) is 3. The zero-order chi connectivity index (χ0) is 20.1. The lowest BCUT2D eigenvalue weighted by Crippen LogP contribution is -2.38. The summed E-state index contributed by atoms with van der Waals surface area (Å²) in [4.78, 5) is 26.9. The van der Waals surface area contributed by atoms with Gasteiger partial charge in [0.2, 0.25) is 0 Å². The molecule has 1 saturated heterocycles. The molecule has 2 aromatic rings. The van der Waals surface area contributed by atoms with Gasteiger partial charge in [-0.3, -0.25) is 14.5 Å². The van der Waals surface area contributed by atoms with Crippen LogP contribution in [0.15, 0.2) is 54.4 Å². The molecule has 1 amide bonds. The van der Waals surface area contributed by atoms with E-state index in [4.69, 9.17) is 4.74 Å². The molecule has 1 aliphatic heterocycles. The molecule has 1 aromatic heterocycles. The maximum Gasteiger partial charge on any atom is 0.323 e. The first-order chi connectivity index (χ1) is 13.5. The lowest BCUT2D eigenvalue weighted by Gasteiger charge is -2.22. The van der Waals surface area contributed by atoms with Gasteiger partial charge in [0, 0.05) is 37.1 Å². The van der Waals surface area contributed by atoms with Gasteiger partial charge in [-0.25, -0.2) is 4.68 Å². The number of allylic oxidation sites excluding steroid dienone is 1. The van der Waals surface area contributed by atoms with Crippen molar-refractivity contribution in [2.45, 2.75) is 32.4 Å². The van der Waals surface area contributed by atoms with E-state index in [0.29, 0.717) is 25.1 Å². The Labute approximate surface area is 165 Å². The minimum Gasteiger partial charge on any atom is -0.468 e. The van der Waals surface area contributed by atoms with E-state index in [1.807, 2.05) is 44.3 Å². The smallest absolute Gasteiger partial charge is 0.323 e. The third kappa shape index (κ3) is 4.48. The summed E-state index contributed by atoms with van der Waals surface area (Å²) in [6, 6.07) is 8.67. The lowest BCUT2D eigenvalue weighted by molar-refractivity contribution is -0.145. The number of likely N-dealkylation sites (tertiary alicyclic amines) is 1. The Bertz CT molecular complexity index is 843. The van der Waals surface area contributed by atoms with Crippen molar-refractivity contribution in [2.75, 3.05) is 20.2 Å². The van der Waals surface area contributed by atoms with E-state index in [1.165, 1.54) is 12.7 Å². The number of hydrogen-bond acceptors (Lipinski definition) is 5. The molecule has 0 radical (unpaired) electrons. The molecular formula is C21H26N4O3. The van der Waals surface area contributed by atoms with Gasteiger partial charge in [0.15, 0.2) is 0 Å². The van der Waals surface area contributed by atoms with Gasteiger partial charge in [-0.15, -0.1) is 0 Å². The number of hydrogen-bond donors (Lipinski definition) is 1. The van der Waals surface area contributed by atoms with Crippen molar-refractivity contribution in [3.05, 3.63) is 59.9 Å². The van der Waals surface area contributed by atoms with Crippen molar-refractivity contribution < 1.29 is 14.3 Å². The van der Waals surface area contributed by atoms with E-state index < -0.39 is 0 Å². The summed E-state index contributed by atoms with van der Waals surface area (Å²) in [5.41, 5.74) is 2.64. The van der Waals surface area contributed by atoms with Crippen LogP contribution >= 0.6 is 0 Å². The lowest BCUT2D eigenvalue weighted by atomic mass is 10.1. The van der Waals surface area contributed by atoms with Gasteiger partial charge in [-0.2, -0.15) is 5.10 Å². The summed E-state index contributed by atoms with van der Waals surface area (Å²) in [5.74, 6) is -0.408. The molecule has 0 bridgehead atoms. The van der Waals surface area contributed by atoms with Gasteiger partial charge in [0.25, 0.3) is 5.91 Å². The molecule has 0 spiro atoms. The zero-order valence-corrected chi connectivity index (χ0v) is 16.5. The van der Waals surface area contributed by atoms with E-state index in [-0.39, 0.29) is 24.0 Å². The minimum absolute atomic E-state index is 0.105. The first kappa shape index (κ1) is 19.8. The Balaban J connectivity index is 1.65. The molecule has 148 valence electrons. The number of carbonyl (C=O) groups is 2. The molecule has 0 unspecified atom stereocenters. The van der Waals surface area contributed by atoms with Crippen LogP contribution in [0.2, 0.25) is 0 Å². The summed E-state index contributed by atoms with van der Waals surface area (Å²) in [6.07, 6.45) is 6.13. The van der Waals surface area contributed by atoms with E-state index in [2.05, 4.69) is 15.3 Å². The van der Waals surface area contributed by atoms with Crippen molar-refractivity contribution in [3.8, 4) is 5.69 Å². The second kappa shape index (κ2) is 8.84. The van der Waals surface area contributed by atoms with Crippen molar-refractivity contribution in [2.24, 2.45) is 0 Å². The first-order valence-corrected chi connectivity index (χ1v) is 9.36. The van der Waals surface area contributed by atoms with E-state index in [1.54, 1.807) is 23.0 Å². The third-order valence-corrected chi connectivity index (χ3v) is 5.06. The summed E-state index contributed by atoms with van der Waals surface area (Å²) >= 11 is 0. The number of methoxy groups -OCH3 is 1. The van der Waals surface area contributed by atoms with Crippen LogP contribution in [-0.4, -0.2) is 58.8 Å². The zero-order valence-electron chi connectivity index (χ0n) is 16.5. The van der Waals surface area contributed by atoms with Gasteiger partial charge in [-0.1, -0.05) is 11.6 Å². The molecule has 7 nitrogen and oxygen atoms in total. The monoisotopic (exact) mass is 382 g/mol. The van der Waals surface area contributed by atoms with Crippen LogP contribution < -0.4 is 5.32 Å². The number of carbonyl (C=O) groups excluding carboxylic acids is 2. The molecule has 2 heterocycles. The number of nitrogens with one attached hydrogen (secondary N) is 1. The molecule has 0 saturated carbocycles. The van der Waals surface area contributed by atoms with Crippen molar-refractivity contribution >= 4 is 11.9 Å². The van der Waals surface area contributed by atoms with E-state index in [0.717, 1.165) is 5.69 Å². The summed E-state index contributed by atoms with van der Waals surface area (Å²) in [7, 11) is 1.40. The van der Waals surface area contributed by atoms with Gasteiger partial charge >= 0.3 is 5.97 Å². The van der Waals surface area contributed by atoms with Crippen LogP contribution in [0.4, 0.5) is 0 Å². The van der Waals surface area contributed by atoms with Crippen LogP contribution in [0.5, 0.6) is 0 Å². The van der Waals surface area contributed by atoms with Crippen LogP contribution in [0.1, 0.15) is 30.6 Å². The Morgan fingerprint density at radius 2 is 2.07 bits per heavy atom. The Kier molecular flexibility index (Phi) is 6.26. The van der Waals surface area contributed by atoms with Gasteiger partial charge < -0.3 is 10.1 Å². The van der Waals surface area contributed by atoms with Crippen LogP contribution in [-0.2, 0) is 9.53 Å². The van der Waals surface area contributed by atoms with Crippen molar-refractivity contribution in [3.63, 3.8) is 0 Å². The molecule has 3 rings (SSSR count). The number of rotatable bonds is 6. The molecule has 1 fully saturated rings. The molecule has 1 aromatic carbocycles. The standard InChI is InChI=1S/C21H26N4O3/c1-4-15(2)13-24-14-17(12-19(24)21(27)28-3)23-20(26)16-6-8-18(9-7-16)25-11-5-10-22-25/h4-11,17,19H,12-14H2,1-3H3,(H,23,26)/t17-,19+/m1/s1. The van der Waals surface area contributed by atoms with Gasteiger partial charge in [0.05, 0.1) is 12.8 Å². The Morgan fingerprint density at radius 3 is 2.68 bits per heavy atom. The molecule has 28 heavy (non-hydrogen) atoms. The number of esters is 1. The largest absolute Gasteiger partial charge is 0.468 e. The maximum atomic E-state index is 12.6. The Hall–Kier alpha value is -2.93. The second-order valence-electron chi connectivity index (χ2n) is 7.01. The number of amides is 1. The van der Waals surface area contributed by atoms with E-state index >= 15 is 0 Å². The summed E-state index contributed by atoms with van der Waals surface area (Å²) in [6.45, 7) is 5.30. The van der Waals surface area contributed by atoms with Gasteiger partial charge in [0.1, 0.15) is 6.04 Å². The highest BCUT2D eigenvalue weighted by atomic mass is 16.5. The molecular weight excluding hydrogens is 356 g/mol. The molecule has 0 aliphatic carbocycles. The number of aromatic nitrogens is 2. The molecule has 7 heteroatoms. The fraction of sp³-hybridized carbons (Fsp3) is 0.381. The third-order valence-electron chi connectivity index (χ3n) is 5.06. The highest BCUT2D eigenvalue weighted by Crippen LogP contribution is 2.21. The topological polar surface area (TPSA) is 76.5 Å². The highest BCUT2D eigenvalue weighted by molar-refractivity contribution is 5.94. The molecule has 1 N–H and O–H groups in total. The average Bonchev–Trinajstić information content (AvgIpc) is 3.37. The van der Waals surface area contributed by atoms with Crippen LogP contribution in [0.3, 0.4) is 0 Å². The number of benzene rings is 1. The average molecular weight is 382 g/mol. The SMILES string of the molecule is CC=C(C)CN1C[C@H](NC(=O)c2ccc(-n3cccn3)cc2)C[C@H]1C(=O)OC. The highest BCUT2D eigenvalue weighted by Gasteiger charge is 2.38. The summed E-state index contributed by atoms with van der Waals surface area (Å²) in [5, 5.41) is 7.23. The second-order valence-corrected chi connectivity index (χ2v) is 7.01. The predicted molar refractivity (Wildman–Crippen MR) is 106 cm³/mol. The van der Waals surface area contributed by atoms with Crippen LogP contribution in [0, 0.1) is 0 Å². The first-order valence-electron chi connectivity index (χ1n) is 9.36. The maximum absolute atomic E-state index is 12.6. The van der Waals surface area contributed by atoms with Crippen LogP contribution in [0.25, 0.3) is 5.69 Å². The Morgan fingerprint density at radius 1 is 1.32 bits per heavy atom. The normalized spacial score (nSPS) is 20.2. The quantitative estimate of drug-likeness (QED) is 0.612. The molecule has 1 aliphatic rings. The fourth-order valence-corrected chi connectivity index (χ4v) is 3.43. The number of ether oxygens (including phenoxy) is 1. The van der Waals surface area contributed by atoms with Gasteiger partial charge in [-0.05, 0) is 50.6 Å². The molecule has 2 atom stereocenters. The van der Waals surface area contributed by atoms with E-state index in [9.17, 15) is 9.59 Å².